The van der Waals surface area contributed by atoms with E-state index in [4.69, 9.17) is 25.2 Å². The van der Waals surface area contributed by atoms with Gasteiger partial charge < -0.3 is 35.2 Å². The third-order valence-electron chi connectivity index (χ3n) is 3.71. The molecule has 0 saturated carbocycles. The summed E-state index contributed by atoms with van der Waals surface area (Å²) in [4.78, 5) is 51.0. The van der Waals surface area contributed by atoms with Crippen LogP contribution >= 0.6 is 39.4 Å². The molecule has 1 aliphatic rings. The van der Waals surface area contributed by atoms with Crippen molar-refractivity contribution in [2.45, 2.75) is 24.1 Å². The van der Waals surface area contributed by atoms with Crippen LogP contribution in [0, 0.1) is 0 Å². The number of nitrogen functional groups attached to an aromatic ring is 1. The second-order valence-corrected chi connectivity index (χ2v) is 11.0. The number of halogens is 2. The lowest BCUT2D eigenvalue weighted by molar-refractivity contribution is -0.111. The number of phosphoric ester groups is 1. The van der Waals surface area contributed by atoms with Crippen LogP contribution in [0.2, 0.25) is 0 Å². The van der Waals surface area contributed by atoms with Gasteiger partial charge in [-0.25, -0.2) is 22.9 Å². The zero-order valence-electron chi connectivity index (χ0n) is 14.9. The Bertz CT molecular complexity index is 1020. The Balaban J connectivity index is 2.20. The average molecular weight is 578 g/mol. The summed E-state index contributed by atoms with van der Waals surface area (Å²) in [5, 5.41) is 9.81. The molecule has 0 aromatic carbocycles. The van der Waals surface area contributed by atoms with Crippen LogP contribution in [-0.2, 0) is 31.6 Å². The molecule has 1 aromatic heterocycles. The van der Waals surface area contributed by atoms with Gasteiger partial charge in [0.25, 0.3) is 0 Å². The fourth-order valence-corrected chi connectivity index (χ4v) is 6.12. The van der Waals surface area contributed by atoms with Crippen LogP contribution in [0.5, 0.6) is 0 Å². The summed E-state index contributed by atoms with van der Waals surface area (Å²) in [6, 6.07) is 1.14. The molecule has 1 fully saturated rings. The maximum atomic E-state index is 14.7. The van der Waals surface area contributed by atoms with Gasteiger partial charge in [-0.3, -0.25) is 9.09 Å². The minimum Gasteiger partial charge on any atom is -0.387 e. The highest BCUT2D eigenvalue weighted by molar-refractivity contribution is 9.09. The van der Waals surface area contributed by atoms with Crippen LogP contribution in [0.3, 0.4) is 0 Å². The minimum atomic E-state index is -5.78. The normalized spacial score (nSPS) is 30.6. The van der Waals surface area contributed by atoms with E-state index in [9.17, 15) is 32.9 Å². The van der Waals surface area contributed by atoms with E-state index in [0.717, 1.165) is 12.3 Å². The number of phosphoric acid groups is 3. The Hall–Kier alpha value is -0.580. The number of nitrogens with zero attached hydrogens (tertiary/aromatic N) is 2. The largest absolute Gasteiger partial charge is 0.490 e. The summed E-state index contributed by atoms with van der Waals surface area (Å²) in [6.45, 7) is -1.16. The minimum absolute atomic E-state index is 0.172. The van der Waals surface area contributed by atoms with Gasteiger partial charge in [-0.15, -0.1) is 0 Å². The first kappa shape index (κ1) is 26.7. The lowest BCUT2D eigenvalue weighted by atomic mass is 9.99. The Kier molecular flexibility index (Phi) is 8.04. The quantitative estimate of drug-likeness (QED) is 0.160. The van der Waals surface area contributed by atoms with Gasteiger partial charge in [0.15, 0.2) is 12.4 Å². The van der Waals surface area contributed by atoms with Gasteiger partial charge in [-0.1, -0.05) is 15.9 Å². The monoisotopic (exact) mass is 577 g/mol. The van der Waals surface area contributed by atoms with Gasteiger partial charge in [0.2, 0.25) is 0 Å². The van der Waals surface area contributed by atoms with E-state index in [1.165, 1.54) is 0 Å². The van der Waals surface area contributed by atoms with Crippen LogP contribution in [0.4, 0.5) is 10.2 Å². The molecule has 16 nitrogen and oxygen atoms in total. The Labute approximate surface area is 180 Å². The van der Waals surface area contributed by atoms with Gasteiger partial charge in [0.1, 0.15) is 17.5 Å². The second kappa shape index (κ2) is 9.35. The molecule has 7 N–H and O–H groups in total. The number of hydrogen-bond acceptors (Lipinski definition) is 11. The van der Waals surface area contributed by atoms with Gasteiger partial charge in [-0.2, -0.15) is 13.6 Å². The zero-order chi connectivity index (χ0) is 23.8. The summed E-state index contributed by atoms with van der Waals surface area (Å²) in [6.07, 6.45) is -5.07. The molecule has 2 unspecified atom stereocenters. The molecule has 21 heteroatoms. The van der Waals surface area contributed by atoms with Crippen molar-refractivity contribution in [2.24, 2.45) is 0 Å². The molecular weight excluding hydrogens is 562 g/mol. The molecule has 31 heavy (non-hydrogen) atoms. The number of rotatable bonds is 9. The third kappa shape index (κ3) is 6.71. The molecule has 0 spiro atoms. The molecule has 2 heterocycles. The molecule has 0 radical (unpaired) electrons. The van der Waals surface area contributed by atoms with Crippen molar-refractivity contribution in [3.63, 3.8) is 0 Å². The lowest BCUT2D eigenvalue weighted by Crippen LogP contribution is -2.47. The van der Waals surface area contributed by atoms with Crippen molar-refractivity contribution >= 4 is 45.2 Å². The van der Waals surface area contributed by atoms with Crippen LogP contribution in [0.1, 0.15) is 6.23 Å². The van der Waals surface area contributed by atoms with Gasteiger partial charge in [-0.05, 0) is 6.07 Å². The van der Waals surface area contributed by atoms with Gasteiger partial charge in [0, 0.05) is 11.5 Å². The standard InChI is InChI=1S/C10H16BrFN3O13P3/c11-3-10(4-25-30(21,22)28-31(23,24)27-29(18,19)20)7(16)6(12)8(26-10)15-2-1-5(13)14-9(15)17/h1-2,6-8,16H,3-4H2,(H,21,22)(H,23,24)(H2,13,14,17)(H2,18,19,20)/t6-,7-,8+,10+/m0/s1. The summed E-state index contributed by atoms with van der Waals surface area (Å²) in [7, 11) is -17.0. The fraction of sp³-hybridized carbons (Fsp3) is 0.600. The number of nitrogens with two attached hydrogens (primary N) is 1. The highest BCUT2D eigenvalue weighted by Gasteiger charge is 2.57. The molecule has 1 aromatic rings. The van der Waals surface area contributed by atoms with Crippen molar-refractivity contribution < 1.29 is 60.6 Å². The SMILES string of the molecule is Nc1ccn([C@@H]2O[C@](CBr)(COP(=O)(O)OP(=O)(O)OP(=O)(O)O)[C@@H](O)[C@@H]2F)c(=O)n1. The topological polar surface area (TPSA) is 250 Å². The van der Waals surface area contributed by atoms with E-state index in [0.29, 0.717) is 4.57 Å². The molecule has 0 bridgehead atoms. The van der Waals surface area contributed by atoms with E-state index < -0.39 is 65.2 Å². The van der Waals surface area contributed by atoms with E-state index in [2.05, 4.69) is 34.1 Å². The Morgan fingerprint density at radius 2 is 1.87 bits per heavy atom. The first-order chi connectivity index (χ1) is 14.0. The van der Waals surface area contributed by atoms with E-state index in [1.807, 2.05) is 0 Å². The first-order valence-electron chi connectivity index (χ1n) is 7.70. The van der Waals surface area contributed by atoms with Crippen molar-refractivity contribution in [1.29, 1.82) is 0 Å². The highest BCUT2D eigenvalue weighted by Crippen LogP contribution is 2.66. The van der Waals surface area contributed by atoms with Crippen LogP contribution in [0.15, 0.2) is 17.1 Å². The predicted molar refractivity (Wildman–Crippen MR) is 100 cm³/mol. The maximum Gasteiger partial charge on any atom is 0.490 e. The van der Waals surface area contributed by atoms with Crippen molar-refractivity contribution in [2.75, 3.05) is 17.7 Å². The predicted octanol–water partition coefficient (Wildman–Crippen LogP) is -0.470. The number of aliphatic hydroxyl groups is 1. The molecule has 2 rings (SSSR count). The summed E-state index contributed by atoms with van der Waals surface area (Å²) in [5.41, 5.74) is 2.18. The number of aromatic nitrogens is 2. The molecule has 178 valence electrons. The summed E-state index contributed by atoms with van der Waals surface area (Å²) < 4.78 is 66.1. The van der Waals surface area contributed by atoms with Gasteiger partial charge >= 0.3 is 29.2 Å². The molecule has 1 aliphatic heterocycles. The molecular formula is C10H16BrFN3O13P3. The number of anilines is 1. The van der Waals surface area contributed by atoms with Crippen LogP contribution < -0.4 is 11.4 Å². The molecule has 0 aliphatic carbocycles. The summed E-state index contributed by atoms with van der Waals surface area (Å²) in [5.74, 6) is -0.172. The lowest BCUT2D eigenvalue weighted by Gasteiger charge is -2.30. The number of ether oxygens (including phenoxy) is 1. The highest BCUT2D eigenvalue weighted by atomic mass is 79.9. The Morgan fingerprint density at radius 3 is 2.39 bits per heavy atom. The number of alkyl halides is 2. The zero-order valence-corrected chi connectivity index (χ0v) is 19.1. The van der Waals surface area contributed by atoms with Crippen LogP contribution in [0.25, 0.3) is 0 Å². The van der Waals surface area contributed by atoms with Crippen molar-refractivity contribution in [1.82, 2.24) is 9.55 Å². The smallest absolute Gasteiger partial charge is 0.387 e. The van der Waals surface area contributed by atoms with Crippen molar-refractivity contribution in [3.05, 3.63) is 22.7 Å². The van der Waals surface area contributed by atoms with Crippen molar-refractivity contribution in [3.8, 4) is 0 Å². The van der Waals surface area contributed by atoms with E-state index in [1.54, 1.807) is 0 Å². The first-order valence-corrected chi connectivity index (χ1v) is 13.3. The Morgan fingerprint density at radius 1 is 1.26 bits per heavy atom. The second-order valence-electron chi connectivity index (χ2n) is 6.00. The van der Waals surface area contributed by atoms with E-state index in [-0.39, 0.29) is 5.82 Å². The molecule has 1 saturated heterocycles. The number of hydrogen-bond donors (Lipinski definition) is 6. The number of aliphatic hydroxyl groups excluding tert-OH is 1. The maximum absolute atomic E-state index is 14.7. The van der Waals surface area contributed by atoms with E-state index >= 15 is 0 Å². The average Bonchev–Trinajstić information content (AvgIpc) is 2.82. The molecule has 6 atom stereocenters. The van der Waals surface area contributed by atoms with Crippen LogP contribution in [-0.4, -0.2) is 64.0 Å². The fourth-order valence-electron chi connectivity index (χ4n) is 2.41. The summed E-state index contributed by atoms with van der Waals surface area (Å²) >= 11 is 2.90. The molecule has 0 amide bonds. The third-order valence-corrected chi connectivity index (χ3v) is 8.44. The van der Waals surface area contributed by atoms with Gasteiger partial charge in [0.05, 0.1) is 6.61 Å².